The molecule has 0 amide bonds. The highest BCUT2D eigenvalue weighted by Crippen LogP contribution is 2.47. The second kappa shape index (κ2) is 11.1. The van der Waals surface area contributed by atoms with Crippen LogP contribution in [0.3, 0.4) is 0 Å². The van der Waals surface area contributed by atoms with Crippen LogP contribution in [-0.2, 0) is 16.1 Å². The summed E-state index contributed by atoms with van der Waals surface area (Å²) in [5.41, 5.74) is 2.63. The Kier molecular flexibility index (Phi) is 7.29. The highest BCUT2D eigenvalue weighted by molar-refractivity contribution is 7.22. The number of ether oxygens (including phenoxy) is 3. The summed E-state index contributed by atoms with van der Waals surface area (Å²) < 4.78 is 61.9. The molecule has 226 valence electrons. The van der Waals surface area contributed by atoms with E-state index in [-0.39, 0.29) is 48.0 Å². The van der Waals surface area contributed by atoms with Crippen molar-refractivity contribution in [1.82, 2.24) is 10.1 Å². The number of thiazole rings is 1. The molecule has 0 radical (unpaired) electrons. The highest BCUT2D eigenvalue weighted by Gasteiger charge is 2.43. The van der Waals surface area contributed by atoms with Crippen LogP contribution in [0.25, 0.3) is 21.5 Å². The van der Waals surface area contributed by atoms with Gasteiger partial charge in [-0.05, 0) is 75.8 Å². The van der Waals surface area contributed by atoms with E-state index in [0.29, 0.717) is 29.2 Å². The third-order valence-corrected chi connectivity index (χ3v) is 9.43. The Morgan fingerprint density at radius 2 is 1.86 bits per heavy atom. The number of fused-ring (bicyclic) bond motifs is 3. The maximum atomic E-state index is 13.1. The zero-order chi connectivity index (χ0) is 29.7. The fraction of sp³-hybridized carbons (Fsp3) is 0.452. The number of carbonyl (C=O) groups excluding carboxylic acids is 1. The number of benzene rings is 2. The zero-order valence-electron chi connectivity index (χ0n) is 23.4. The summed E-state index contributed by atoms with van der Waals surface area (Å²) >= 11 is 1.58. The van der Waals surface area contributed by atoms with Crippen LogP contribution in [0.2, 0.25) is 0 Å². The van der Waals surface area contributed by atoms with Crippen molar-refractivity contribution < 1.29 is 36.7 Å². The van der Waals surface area contributed by atoms with E-state index in [1.54, 1.807) is 36.5 Å². The molecular formula is C31H30F3N3O5S. The number of esters is 1. The summed E-state index contributed by atoms with van der Waals surface area (Å²) in [6.45, 7) is 2.31. The quantitative estimate of drug-likeness (QED) is 0.178. The van der Waals surface area contributed by atoms with Crippen LogP contribution in [0, 0.1) is 0 Å². The first-order valence-corrected chi connectivity index (χ1v) is 15.4. The molecule has 1 aliphatic carbocycles. The number of alkyl halides is 3. The summed E-state index contributed by atoms with van der Waals surface area (Å²) in [5.74, 6) is 0.240. The lowest BCUT2D eigenvalue weighted by atomic mass is 10.00. The predicted molar refractivity (Wildman–Crippen MR) is 153 cm³/mol. The number of halogens is 3. The normalized spacial score (nSPS) is 21.9. The van der Waals surface area contributed by atoms with E-state index in [2.05, 4.69) is 14.8 Å². The molecular weight excluding hydrogens is 583 g/mol. The number of hydrogen-bond acceptors (Lipinski definition) is 9. The molecule has 12 heteroatoms. The molecule has 0 N–H and O–H groups in total. The molecule has 4 aromatic rings. The Hall–Kier alpha value is -3.64. The number of piperidine rings is 1. The van der Waals surface area contributed by atoms with E-state index < -0.39 is 6.36 Å². The van der Waals surface area contributed by atoms with E-state index in [1.165, 1.54) is 12.1 Å². The van der Waals surface area contributed by atoms with Crippen molar-refractivity contribution in [2.45, 2.75) is 82.5 Å². The van der Waals surface area contributed by atoms with E-state index in [0.717, 1.165) is 53.9 Å². The Bertz CT molecular complexity index is 1640. The van der Waals surface area contributed by atoms with Gasteiger partial charge in [-0.2, -0.15) is 0 Å². The molecule has 2 bridgehead atoms. The largest absolute Gasteiger partial charge is 0.573 e. The van der Waals surface area contributed by atoms with Gasteiger partial charge in [0.1, 0.15) is 17.2 Å². The zero-order valence-corrected chi connectivity index (χ0v) is 24.2. The van der Waals surface area contributed by atoms with Crippen LogP contribution in [-0.4, -0.2) is 47.3 Å². The minimum absolute atomic E-state index is 0.0185. The number of anilines is 1. The Morgan fingerprint density at radius 3 is 2.58 bits per heavy atom. The van der Waals surface area contributed by atoms with Gasteiger partial charge in [-0.25, -0.2) is 9.78 Å². The number of nitrogens with zero attached hydrogens (tertiary/aromatic N) is 3. The van der Waals surface area contributed by atoms with Crippen molar-refractivity contribution in [3.63, 3.8) is 0 Å². The maximum absolute atomic E-state index is 13.1. The summed E-state index contributed by atoms with van der Waals surface area (Å²) in [5, 5.41) is 5.14. The van der Waals surface area contributed by atoms with Crippen LogP contribution in [0.4, 0.5) is 18.3 Å². The first-order valence-electron chi connectivity index (χ1n) is 14.6. The van der Waals surface area contributed by atoms with Gasteiger partial charge in [0, 0.05) is 29.1 Å². The first-order chi connectivity index (χ1) is 20.8. The maximum Gasteiger partial charge on any atom is 0.573 e. The number of para-hydroxylation sites is 1. The van der Waals surface area contributed by atoms with Crippen molar-refractivity contribution in [2.24, 2.45) is 0 Å². The third kappa shape index (κ3) is 5.70. The van der Waals surface area contributed by atoms with E-state index in [1.807, 2.05) is 12.1 Å². The number of aromatic nitrogens is 2. The average Bonchev–Trinajstić information content (AvgIpc) is 3.49. The second-order valence-corrected chi connectivity index (χ2v) is 12.3. The summed E-state index contributed by atoms with van der Waals surface area (Å²) in [6.07, 6.45) is 0.750. The summed E-state index contributed by atoms with van der Waals surface area (Å²) in [7, 11) is 0. The van der Waals surface area contributed by atoms with Crippen molar-refractivity contribution in [2.75, 3.05) is 11.5 Å². The monoisotopic (exact) mass is 613 g/mol. The number of hydrogen-bond donors (Lipinski definition) is 0. The van der Waals surface area contributed by atoms with Crippen LogP contribution in [0.1, 0.15) is 73.0 Å². The molecule has 2 aromatic heterocycles. The summed E-state index contributed by atoms with van der Waals surface area (Å²) in [4.78, 5) is 19.5. The van der Waals surface area contributed by atoms with Gasteiger partial charge in [-0.3, -0.25) is 0 Å². The molecule has 2 aliphatic heterocycles. The van der Waals surface area contributed by atoms with Gasteiger partial charge < -0.3 is 23.6 Å². The molecule has 3 aliphatic rings. The lowest BCUT2D eigenvalue weighted by Crippen LogP contribution is -2.45. The Balaban J connectivity index is 1.08. The van der Waals surface area contributed by atoms with Crippen LogP contribution in [0.5, 0.6) is 5.75 Å². The molecule has 2 saturated heterocycles. The molecule has 43 heavy (non-hydrogen) atoms. The lowest BCUT2D eigenvalue weighted by Gasteiger charge is -2.38. The van der Waals surface area contributed by atoms with Crippen LogP contribution < -0.4 is 9.64 Å². The standard InChI is InChI=1S/C31H30F3N3O5S/c1-2-39-29(38)18-9-12-24-26(13-18)43-30(35-24)37-19-10-11-20(37)15-21(14-19)40-16-23-27(36-42-28(23)17-7-8-17)22-5-3-4-6-25(22)41-31(32,33)34/h3-6,9,12-13,17,19-21H,2,7-8,10-11,14-16H2,1H3/t19-,20+,21?. The molecule has 2 aromatic carbocycles. The highest BCUT2D eigenvalue weighted by atomic mass is 32.1. The van der Waals surface area contributed by atoms with Gasteiger partial charge in [-0.1, -0.05) is 28.6 Å². The molecule has 1 unspecified atom stereocenters. The Labute approximate surface area is 249 Å². The average molecular weight is 614 g/mol. The van der Waals surface area contributed by atoms with Crippen molar-refractivity contribution in [1.29, 1.82) is 0 Å². The SMILES string of the molecule is CCOC(=O)c1ccc2nc(N3[C@@H]4CC[C@H]3CC(OCc3c(-c5ccccc5OC(F)(F)F)noc3C3CC3)C4)sc2c1. The van der Waals surface area contributed by atoms with Gasteiger partial charge in [0.2, 0.25) is 0 Å². The van der Waals surface area contributed by atoms with Gasteiger partial charge in [0.05, 0.1) is 35.1 Å². The number of carbonyl (C=O) groups is 1. The third-order valence-electron chi connectivity index (χ3n) is 8.40. The molecule has 8 nitrogen and oxygen atoms in total. The Morgan fingerprint density at radius 1 is 1.09 bits per heavy atom. The smallest absolute Gasteiger partial charge is 0.462 e. The van der Waals surface area contributed by atoms with Crippen molar-refractivity contribution >= 4 is 32.7 Å². The van der Waals surface area contributed by atoms with Crippen LogP contribution in [0.15, 0.2) is 47.0 Å². The fourth-order valence-corrected chi connectivity index (χ4v) is 7.50. The van der Waals surface area contributed by atoms with E-state index in [4.69, 9.17) is 19.0 Å². The molecule has 4 heterocycles. The molecule has 1 saturated carbocycles. The van der Waals surface area contributed by atoms with Crippen molar-refractivity contribution in [3.8, 4) is 17.0 Å². The molecule has 3 atom stereocenters. The predicted octanol–water partition coefficient (Wildman–Crippen LogP) is 7.62. The summed E-state index contributed by atoms with van der Waals surface area (Å²) in [6, 6.07) is 12.0. The second-order valence-electron chi connectivity index (χ2n) is 11.3. The first kappa shape index (κ1) is 28.1. The lowest BCUT2D eigenvalue weighted by molar-refractivity contribution is -0.274. The molecule has 3 fully saturated rings. The topological polar surface area (TPSA) is 86.9 Å². The van der Waals surface area contributed by atoms with Crippen molar-refractivity contribution in [3.05, 3.63) is 59.4 Å². The van der Waals surface area contributed by atoms with Gasteiger partial charge in [-0.15, -0.1) is 13.2 Å². The minimum atomic E-state index is -4.82. The van der Waals surface area contributed by atoms with E-state index in [9.17, 15) is 18.0 Å². The molecule has 7 rings (SSSR count). The van der Waals surface area contributed by atoms with Crippen LogP contribution >= 0.6 is 11.3 Å². The van der Waals surface area contributed by atoms with Gasteiger partial charge >= 0.3 is 12.3 Å². The molecule has 0 spiro atoms. The van der Waals surface area contributed by atoms with Gasteiger partial charge in [0.25, 0.3) is 0 Å². The number of rotatable bonds is 9. The van der Waals surface area contributed by atoms with Gasteiger partial charge in [0.15, 0.2) is 5.13 Å². The van der Waals surface area contributed by atoms with E-state index >= 15 is 0 Å². The minimum Gasteiger partial charge on any atom is -0.462 e. The fourth-order valence-electron chi connectivity index (χ4n) is 6.36.